The number of nitrogens with zero attached hydrogens (tertiary/aromatic N) is 14. The third-order valence-electron chi connectivity index (χ3n) is 8.20. The van der Waals surface area contributed by atoms with E-state index in [2.05, 4.69) is 46.3 Å². The van der Waals surface area contributed by atoms with Crippen LogP contribution in [0.2, 0.25) is 0 Å². The topological polar surface area (TPSA) is 224 Å². The second-order valence-electron chi connectivity index (χ2n) is 11.9. The van der Waals surface area contributed by atoms with Crippen LogP contribution in [0.4, 0.5) is 10.6 Å². The van der Waals surface area contributed by atoms with E-state index in [0.29, 0.717) is 57.2 Å². The van der Waals surface area contributed by atoms with E-state index >= 15 is 0 Å². The van der Waals surface area contributed by atoms with Crippen molar-refractivity contribution in [1.29, 1.82) is 0 Å². The minimum absolute atomic E-state index is 0.0311. The molecule has 276 valence electrons. The maximum absolute atomic E-state index is 12.8. The monoisotopic (exact) mass is 775 g/mol. The molecular formula is C34H29N15O4S2. The van der Waals surface area contributed by atoms with Gasteiger partial charge in [-0.3, -0.25) is 14.5 Å². The molecule has 0 bridgehead atoms. The van der Waals surface area contributed by atoms with Crippen molar-refractivity contribution < 1.29 is 19.4 Å². The third-order valence-corrected chi connectivity index (χ3v) is 10.1. The molecule has 21 heteroatoms. The maximum atomic E-state index is 12.8. The number of rotatable bonds is 13. The Labute approximate surface area is 319 Å². The van der Waals surface area contributed by atoms with Crippen LogP contribution in [0, 0.1) is 0 Å². The zero-order valence-corrected chi connectivity index (χ0v) is 30.7. The lowest BCUT2D eigenvalue weighted by molar-refractivity contribution is 0.0690. The number of aromatic nitrogens is 14. The highest BCUT2D eigenvalue weighted by atomic mass is 32.2. The molecule has 2 N–H and O–H groups in total. The summed E-state index contributed by atoms with van der Waals surface area (Å²) < 4.78 is 12.4. The summed E-state index contributed by atoms with van der Waals surface area (Å²) in [6, 6.07) is 23.7. The van der Waals surface area contributed by atoms with Crippen molar-refractivity contribution in [2.45, 2.75) is 28.2 Å². The molecule has 0 atom stereocenters. The molecule has 0 aliphatic carbocycles. The second-order valence-corrected chi connectivity index (χ2v) is 13.8. The number of carboxylic acids is 1. The molecule has 0 saturated heterocycles. The number of pyridine rings is 2. The summed E-state index contributed by atoms with van der Waals surface area (Å²) in [5, 5.41) is 37.3. The molecule has 0 saturated carbocycles. The summed E-state index contributed by atoms with van der Waals surface area (Å²) in [4.78, 5) is 42.6. The van der Waals surface area contributed by atoms with Crippen LogP contribution < -0.4 is 5.32 Å². The van der Waals surface area contributed by atoms with Crippen LogP contribution in [0.3, 0.4) is 0 Å². The number of imidazole rings is 2. The number of amides is 1. The van der Waals surface area contributed by atoms with Gasteiger partial charge in [0, 0.05) is 32.0 Å². The van der Waals surface area contributed by atoms with Gasteiger partial charge in [0.15, 0.2) is 10.3 Å². The molecule has 0 radical (unpaired) electrons. The molecule has 0 unspecified atom stereocenters. The average molecular weight is 776 g/mol. The second kappa shape index (κ2) is 15.3. The fourth-order valence-electron chi connectivity index (χ4n) is 5.65. The number of aryl methyl sites for hydroxylation is 2. The lowest BCUT2D eigenvalue weighted by Gasteiger charge is -2.09. The highest BCUT2D eigenvalue weighted by Crippen LogP contribution is 2.31. The number of para-hydroxylation sites is 2. The normalized spacial score (nSPS) is 11.4. The first kappa shape index (κ1) is 35.3. The van der Waals surface area contributed by atoms with Crippen LogP contribution in [-0.2, 0) is 36.8 Å². The summed E-state index contributed by atoms with van der Waals surface area (Å²) in [5.41, 5.74) is 5.31. The first-order valence-corrected chi connectivity index (χ1v) is 18.6. The van der Waals surface area contributed by atoms with Crippen molar-refractivity contribution in [3.05, 3.63) is 102 Å². The molecule has 1 amide bonds. The van der Waals surface area contributed by atoms with Crippen LogP contribution in [0.15, 0.2) is 89.2 Å². The van der Waals surface area contributed by atoms with Crippen LogP contribution in [0.5, 0.6) is 0 Å². The van der Waals surface area contributed by atoms with Crippen LogP contribution in [0.1, 0.15) is 27.4 Å². The molecule has 8 rings (SSSR count). The quantitative estimate of drug-likeness (QED) is 0.156. The SMILES string of the molecule is Cn1nnnc1-n1c(SCc2cccc(NC(=O)OCCc3ccc4nc(SCc5cccc(C(=O)O)n5)n(-c5nnnn5C)c4c3)n2)nc2ccccc21. The Hall–Kier alpha value is -6.74. The van der Waals surface area contributed by atoms with Crippen molar-refractivity contribution in [3.63, 3.8) is 0 Å². The largest absolute Gasteiger partial charge is 0.477 e. The third kappa shape index (κ3) is 7.55. The van der Waals surface area contributed by atoms with Gasteiger partial charge in [0.25, 0.3) is 11.9 Å². The number of tetrazole rings is 2. The molecule has 0 spiro atoms. The van der Waals surface area contributed by atoms with Crippen molar-refractivity contribution in [2.24, 2.45) is 14.1 Å². The molecule has 2 aromatic carbocycles. The van der Waals surface area contributed by atoms with Crippen LogP contribution >= 0.6 is 23.5 Å². The fourth-order valence-corrected chi connectivity index (χ4v) is 7.47. The van der Waals surface area contributed by atoms with Crippen molar-refractivity contribution >= 4 is 63.5 Å². The van der Waals surface area contributed by atoms with Gasteiger partial charge in [-0.05, 0) is 74.9 Å². The minimum Gasteiger partial charge on any atom is -0.477 e. The first-order chi connectivity index (χ1) is 26.8. The van der Waals surface area contributed by atoms with Gasteiger partial charge in [-0.1, -0.05) is 64.1 Å². The van der Waals surface area contributed by atoms with E-state index in [1.54, 1.807) is 37.0 Å². The Morgan fingerprint density at radius 1 is 0.727 bits per heavy atom. The highest BCUT2D eigenvalue weighted by molar-refractivity contribution is 7.98. The predicted molar refractivity (Wildman–Crippen MR) is 200 cm³/mol. The number of benzene rings is 2. The van der Waals surface area contributed by atoms with Crippen molar-refractivity contribution in [1.82, 2.24) is 69.5 Å². The molecule has 55 heavy (non-hydrogen) atoms. The van der Waals surface area contributed by atoms with E-state index in [-0.39, 0.29) is 12.3 Å². The van der Waals surface area contributed by atoms with E-state index in [9.17, 15) is 14.7 Å². The first-order valence-electron chi connectivity index (χ1n) is 16.6. The van der Waals surface area contributed by atoms with E-state index in [1.807, 2.05) is 63.7 Å². The van der Waals surface area contributed by atoms with Crippen molar-refractivity contribution in [3.8, 4) is 11.9 Å². The Morgan fingerprint density at radius 2 is 1.36 bits per heavy atom. The number of ether oxygens (including phenoxy) is 1. The number of hydrogen-bond acceptors (Lipinski definition) is 15. The lowest BCUT2D eigenvalue weighted by Crippen LogP contribution is -2.16. The Kier molecular flexibility index (Phi) is 9.83. The van der Waals surface area contributed by atoms with Gasteiger partial charge in [0.2, 0.25) is 0 Å². The maximum Gasteiger partial charge on any atom is 0.412 e. The van der Waals surface area contributed by atoms with E-state index in [1.165, 1.54) is 34.3 Å². The molecule has 6 aromatic heterocycles. The number of aromatic carboxylic acids is 1. The minimum atomic E-state index is -1.09. The number of carboxylic acid groups (broad SMARTS) is 1. The van der Waals surface area contributed by atoms with Gasteiger partial charge in [-0.25, -0.2) is 38.9 Å². The predicted octanol–water partition coefficient (Wildman–Crippen LogP) is 4.28. The number of anilines is 1. The van der Waals surface area contributed by atoms with Crippen molar-refractivity contribution in [2.75, 3.05) is 11.9 Å². The zero-order chi connectivity index (χ0) is 37.9. The molecule has 0 aliphatic heterocycles. The number of carbonyl (C=O) groups is 2. The molecule has 6 heterocycles. The standard InChI is InChI=1S/C34H29N15O4S2/c1-46-30(40-42-44-46)48-26-11-4-3-9-23(26)37-32(48)55-19-22-8-6-12-28(36-22)39-34(52)53-16-15-20-13-14-24-27(17-20)49(31-41-43-45-47(31)2)33(38-24)54-18-21-7-5-10-25(35-21)29(50)51/h3-14,17H,15-16,18-19H2,1-2H3,(H,50,51)(H,36,39,52). The van der Waals surface area contributed by atoms with Gasteiger partial charge in [-0.2, -0.15) is 0 Å². The summed E-state index contributed by atoms with van der Waals surface area (Å²) in [7, 11) is 3.50. The smallest absolute Gasteiger partial charge is 0.412 e. The van der Waals surface area contributed by atoms with Gasteiger partial charge in [0.05, 0.1) is 40.1 Å². The van der Waals surface area contributed by atoms with Gasteiger partial charge < -0.3 is 9.84 Å². The summed E-state index contributed by atoms with van der Waals surface area (Å²) in [5.74, 6) is 1.08. The number of carbonyl (C=O) groups excluding carboxylic acids is 1. The molecule has 0 fully saturated rings. The molecule has 0 aliphatic rings. The summed E-state index contributed by atoms with van der Waals surface area (Å²) in [6.07, 6.45) is -0.212. The van der Waals surface area contributed by atoms with Gasteiger partial charge in [0.1, 0.15) is 11.5 Å². The van der Waals surface area contributed by atoms with Gasteiger partial charge >= 0.3 is 12.1 Å². The molecule has 19 nitrogen and oxygen atoms in total. The number of nitrogens with one attached hydrogen (secondary N) is 1. The Morgan fingerprint density at radius 3 is 2.04 bits per heavy atom. The molecular weight excluding hydrogens is 747 g/mol. The number of hydrogen-bond donors (Lipinski definition) is 2. The van der Waals surface area contributed by atoms with Crippen LogP contribution in [-0.4, -0.2) is 93.3 Å². The average Bonchev–Trinajstić information content (AvgIpc) is 3.97. The summed E-state index contributed by atoms with van der Waals surface area (Å²) >= 11 is 2.85. The van der Waals surface area contributed by atoms with Crippen LogP contribution in [0.25, 0.3) is 34.0 Å². The summed E-state index contributed by atoms with van der Waals surface area (Å²) in [6.45, 7) is 0.104. The number of thioether (sulfide) groups is 2. The van der Waals surface area contributed by atoms with Gasteiger partial charge in [-0.15, -0.1) is 0 Å². The molecule has 8 aromatic rings. The number of fused-ring (bicyclic) bond motifs is 2. The van der Waals surface area contributed by atoms with E-state index in [4.69, 9.17) is 14.7 Å². The Bertz CT molecular complexity index is 2690. The van der Waals surface area contributed by atoms with E-state index in [0.717, 1.165) is 27.8 Å². The van der Waals surface area contributed by atoms with E-state index < -0.39 is 12.1 Å². The Balaban J connectivity index is 0.913. The zero-order valence-electron chi connectivity index (χ0n) is 29.1. The lowest BCUT2D eigenvalue weighted by atomic mass is 10.1. The fraction of sp³-hybridized carbons (Fsp3) is 0.176. The highest BCUT2D eigenvalue weighted by Gasteiger charge is 2.20.